The summed E-state index contributed by atoms with van der Waals surface area (Å²) < 4.78 is 0. The van der Waals surface area contributed by atoms with Gasteiger partial charge in [0, 0.05) is 6.42 Å². The second-order valence-corrected chi connectivity index (χ2v) is 3.82. The Balaban J connectivity index is 2.93. The van der Waals surface area contributed by atoms with Crippen LogP contribution < -0.4 is 0 Å². The first kappa shape index (κ1) is 10.9. The molecular formula is C14H18. The van der Waals surface area contributed by atoms with Crippen LogP contribution in [0.3, 0.4) is 0 Å². The molecule has 14 heavy (non-hydrogen) atoms. The molecule has 0 heterocycles. The van der Waals surface area contributed by atoms with Crippen molar-refractivity contribution in [3.05, 3.63) is 34.9 Å². The maximum Gasteiger partial charge on any atom is 0.0155 e. The molecule has 1 atom stereocenters. The molecule has 0 spiro atoms. The van der Waals surface area contributed by atoms with Crippen molar-refractivity contribution in [2.45, 2.75) is 40.0 Å². The van der Waals surface area contributed by atoms with Gasteiger partial charge >= 0.3 is 0 Å². The fraction of sp³-hybridized carbons (Fsp3) is 0.429. The van der Waals surface area contributed by atoms with Crippen molar-refractivity contribution < 1.29 is 0 Å². The highest BCUT2D eigenvalue weighted by atomic mass is 14.1. The van der Waals surface area contributed by atoms with Gasteiger partial charge in [-0.3, -0.25) is 0 Å². The zero-order valence-electron chi connectivity index (χ0n) is 9.52. The van der Waals surface area contributed by atoms with Gasteiger partial charge in [-0.25, -0.2) is 0 Å². The van der Waals surface area contributed by atoms with Crippen LogP contribution in [0.2, 0.25) is 0 Å². The van der Waals surface area contributed by atoms with Crippen LogP contribution in [0.4, 0.5) is 0 Å². The average molecular weight is 186 g/mol. The Labute approximate surface area is 87.4 Å². The van der Waals surface area contributed by atoms with Crippen LogP contribution in [-0.2, 0) is 0 Å². The van der Waals surface area contributed by atoms with Gasteiger partial charge in [0.25, 0.3) is 0 Å². The van der Waals surface area contributed by atoms with E-state index in [0.717, 1.165) is 6.42 Å². The molecule has 0 N–H and O–H groups in total. The Morgan fingerprint density at radius 1 is 1.29 bits per heavy atom. The molecule has 74 valence electrons. The summed E-state index contributed by atoms with van der Waals surface area (Å²) in [6.45, 7) is 8.50. The van der Waals surface area contributed by atoms with Gasteiger partial charge in [-0.15, -0.1) is 11.8 Å². The van der Waals surface area contributed by atoms with Crippen LogP contribution >= 0.6 is 0 Å². The summed E-state index contributed by atoms with van der Waals surface area (Å²) in [5.74, 6) is 6.64. The number of benzene rings is 1. The second-order valence-electron chi connectivity index (χ2n) is 3.82. The molecule has 0 saturated carbocycles. The smallest absolute Gasteiger partial charge is 0.0155 e. The molecule has 1 aromatic carbocycles. The topological polar surface area (TPSA) is 0 Å². The zero-order chi connectivity index (χ0) is 10.6. The van der Waals surface area contributed by atoms with E-state index in [1.807, 2.05) is 6.92 Å². The van der Waals surface area contributed by atoms with E-state index in [2.05, 4.69) is 50.8 Å². The Bertz CT molecular complexity index is 363. The third-order valence-electron chi connectivity index (χ3n) is 2.76. The van der Waals surface area contributed by atoms with Crippen LogP contribution in [0.5, 0.6) is 0 Å². The first-order chi connectivity index (χ1) is 6.66. The number of aryl methyl sites for hydroxylation is 1. The third kappa shape index (κ3) is 2.39. The predicted octanol–water partition coefficient (Wildman–Crippen LogP) is 3.82. The Morgan fingerprint density at radius 3 is 2.64 bits per heavy atom. The molecule has 0 heteroatoms. The summed E-state index contributed by atoms with van der Waals surface area (Å²) >= 11 is 0. The molecule has 1 aromatic rings. The minimum atomic E-state index is 0.544. The Hall–Kier alpha value is -1.22. The highest BCUT2D eigenvalue weighted by Gasteiger charge is 2.07. The fourth-order valence-corrected chi connectivity index (χ4v) is 1.67. The molecular weight excluding hydrogens is 168 g/mol. The molecule has 0 bridgehead atoms. The van der Waals surface area contributed by atoms with Crippen LogP contribution in [0.1, 0.15) is 42.9 Å². The summed E-state index contributed by atoms with van der Waals surface area (Å²) in [7, 11) is 0. The van der Waals surface area contributed by atoms with Crippen LogP contribution in [0, 0.1) is 25.7 Å². The van der Waals surface area contributed by atoms with Gasteiger partial charge in [0.15, 0.2) is 0 Å². The summed E-state index contributed by atoms with van der Waals surface area (Å²) in [5.41, 5.74) is 4.23. The maximum absolute atomic E-state index is 3.14. The van der Waals surface area contributed by atoms with E-state index in [9.17, 15) is 0 Å². The van der Waals surface area contributed by atoms with Crippen LogP contribution in [-0.4, -0.2) is 0 Å². The monoisotopic (exact) mass is 186 g/mol. The van der Waals surface area contributed by atoms with E-state index >= 15 is 0 Å². The van der Waals surface area contributed by atoms with E-state index in [-0.39, 0.29) is 0 Å². The van der Waals surface area contributed by atoms with Crippen molar-refractivity contribution in [3.8, 4) is 11.8 Å². The molecule has 0 aliphatic carbocycles. The molecule has 0 amide bonds. The highest BCUT2D eigenvalue weighted by Crippen LogP contribution is 2.23. The van der Waals surface area contributed by atoms with Gasteiger partial charge in [-0.2, -0.15) is 0 Å². The number of rotatable bonds is 2. The third-order valence-corrected chi connectivity index (χ3v) is 2.76. The van der Waals surface area contributed by atoms with Gasteiger partial charge in [0.2, 0.25) is 0 Å². The predicted molar refractivity (Wildman–Crippen MR) is 62.4 cm³/mol. The van der Waals surface area contributed by atoms with Crippen molar-refractivity contribution in [1.82, 2.24) is 0 Å². The van der Waals surface area contributed by atoms with Gasteiger partial charge < -0.3 is 0 Å². The lowest BCUT2D eigenvalue weighted by atomic mass is 9.92. The molecule has 0 radical (unpaired) electrons. The number of hydrogen-bond acceptors (Lipinski definition) is 0. The van der Waals surface area contributed by atoms with E-state index in [0.29, 0.717) is 5.92 Å². The molecule has 0 fully saturated rings. The van der Waals surface area contributed by atoms with Crippen LogP contribution in [0.25, 0.3) is 0 Å². The van der Waals surface area contributed by atoms with E-state index in [1.165, 1.54) is 16.7 Å². The summed E-state index contributed by atoms with van der Waals surface area (Å²) in [5, 5.41) is 0. The lowest BCUT2D eigenvalue weighted by Gasteiger charge is -2.13. The lowest BCUT2D eigenvalue weighted by molar-refractivity contribution is 0.786. The van der Waals surface area contributed by atoms with Gasteiger partial charge in [0.05, 0.1) is 0 Å². The van der Waals surface area contributed by atoms with Gasteiger partial charge in [0.1, 0.15) is 0 Å². The largest absolute Gasteiger partial charge is 0.107 e. The van der Waals surface area contributed by atoms with Crippen LogP contribution in [0.15, 0.2) is 18.2 Å². The van der Waals surface area contributed by atoms with E-state index < -0.39 is 0 Å². The van der Waals surface area contributed by atoms with E-state index in [1.54, 1.807) is 0 Å². The quantitative estimate of drug-likeness (QED) is 0.616. The molecule has 0 nitrogen and oxygen atoms in total. The van der Waals surface area contributed by atoms with Crippen molar-refractivity contribution in [2.24, 2.45) is 0 Å². The zero-order valence-corrected chi connectivity index (χ0v) is 9.52. The van der Waals surface area contributed by atoms with Crippen molar-refractivity contribution in [1.29, 1.82) is 0 Å². The molecule has 0 aliphatic heterocycles. The molecule has 1 rings (SSSR count). The first-order valence-electron chi connectivity index (χ1n) is 5.12. The molecule has 0 aromatic heterocycles. The van der Waals surface area contributed by atoms with E-state index in [4.69, 9.17) is 0 Å². The Morgan fingerprint density at radius 2 is 2.00 bits per heavy atom. The van der Waals surface area contributed by atoms with Crippen molar-refractivity contribution in [3.63, 3.8) is 0 Å². The standard InChI is InChI=1S/C14H18/c1-5-6-8-12(3)14-10-7-9-11(2)13(14)4/h7,9-10,12H,8H2,1-4H3. The number of hydrogen-bond donors (Lipinski definition) is 0. The van der Waals surface area contributed by atoms with Gasteiger partial charge in [-0.05, 0) is 43.4 Å². The minimum Gasteiger partial charge on any atom is -0.107 e. The normalized spacial score (nSPS) is 11.7. The first-order valence-corrected chi connectivity index (χ1v) is 5.12. The fourth-order valence-electron chi connectivity index (χ4n) is 1.67. The highest BCUT2D eigenvalue weighted by molar-refractivity contribution is 5.35. The Kier molecular flexibility index (Phi) is 3.77. The maximum atomic E-state index is 3.14. The average Bonchev–Trinajstić information content (AvgIpc) is 2.18. The minimum absolute atomic E-state index is 0.544. The van der Waals surface area contributed by atoms with Gasteiger partial charge in [-0.1, -0.05) is 25.1 Å². The molecule has 0 aliphatic rings. The van der Waals surface area contributed by atoms with Crippen molar-refractivity contribution in [2.75, 3.05) is 0 Å². The lowest BCUT2D eigenvalue weighted by Crippen LogP contribution is -1.97. The summed E-state index contributed by atoms with van der Waals surface area (Å²) in [4.78, 5) is 0. The molecule has 0 saturated heterocycles. The van der Waals surface area contributed by atoms with Crippen molar-refractivity contribution >= 4 is 0 Å². The summed E-state index contributed by atoms with van der Waals surface area (Å²) in [6, 6.07) is 6.51. The summed E-state index contributed by atoms with van der Waals surface area (Å²) in [6.07, 6.45) is 0.959. The second kappa shape index (κ2) is 4.86. The SMILES string of the molecule is CC#CCC(C)c1cccc(C)c1C. The molecule has 1 unspecified atom stereocenters.